The van der Waals surface area contributed by atoms with Crippen LogP contribution >= 0.6 is 11.8 Å². The van der Waals surface area contributed by atoms with Gasteiger partial charge in [0.25, 0.3) is 0 Å². The molecule has 0 aliphatic rings. The maximum atomic E-state index is 10.2. The van der Waals surface area contributed by atoms with Gasteiger partial charge in [0.1, 0.15) is 6.29 Å². The normalized spacial score (nSPS) is 10.1. The number of hydrogen-bond donors (Lipinski definition) is 0. The van der Waals surface area contributed by atoms with Crippen LogP contribution in [0.5, 0.6) is 0 Å². The van der Waals surface area contributed by atoms with Crippen molar-refractivity contribution < 1.29 is 4.79 Å². The highest BCUT2D eigenvalue weighted by Gasteiger charge is 2.00. The van der Waals surface area contributed by atoms with Crippen LogP contribution in [0.4, 0.5) is 0 Å². The predicted molar refractivity (Wildman–Crippen MR) is 61.8 cm³/mol. The van der Waals surface area contributed by atoms with Crippen LogP contribution in [-0.4, -0.2) is 12.0 Å². The molecule has 14 heavy (non-hydrogen) atoms. The lowest BCUT2D eigenvalue weighted by molar-refractivity contribution is -0.107. The zero-order chi connectivity index (χ0) is 10.2. The fourth-order valence-corrected chi connectivity index (χ4v) is 2.22. The summed E-state index contributed by atoms with van der Waals surface area (Å²) in [6, 6.07) is 8.45. The van der Waals surface area contributed by atoms with Gasteiger partial charge in [-0.2, -0.15) is 0 Å². The first-order chi connectivity index (χ1) is 6.88. The molecule has 0 radical (unpaired) electrons. The van der Waals surface area contributed by atoms with Crippen LogP contribution in [0, 0.1) is 0 Å². The summed E-state index contributed by atoms with van der Waals surface area (Å²) in [4.78, 5) is 11.6. The molecule has 0 aromatic heterocycles. The number of benzene rings is 1. The van der Waals surface area contributed by atoms with Crippen molar-refractivity contribution in [2.75, 3.05) is 5.75 Å². The lowest BCUT2D eigenvalue weighted by Crippen LogP contribution is -1.89. The van der Waals surface area contributed by atoms with Crippen LogP contribution in [0.1, 0.15) is 25.3 Å². The molecular formula is C12H16OS. The molecule has 0 bridgehead atoms. The second-order valence-corrected chi connectivity index (χ2v) is 4.41. The highest BCUT2D eigenvalue weighted by Crippen LogP contribution is 2.23. The second-order valence-electron chi connectivity index (χ2n) is 3.10. The first-order valence-corrected chi connectivity index (χ1v) is 6.01. The zero-order valence-corrected chi connectivity index (χ0v) is 9.35. The molecule has 0 aliphatic carbocycles. The third-order valence-electron chi connectivity index (χ3n) is 2.04. The molecule has 1 aromatic rings. The molecule has 0 aliphatic heterocycles. The van der Waals surface area contributed by atoms with E-state index < -0.39 is 0 Å². The monoisotopic (exact) mass is 208 g/mol. The molecule has 0 atom stereocenters. The fraction of sp³-hybridized carbons (Fsp3) is 0.417. The Labute approximate surface area is 89.9 Å². The summed E-state index contributed by atoms with van der Waals surface area (Å²) in [7, 11) is 0. The third-order valence-corrected chi connectivity index (χ3v) is 3.04. The highest BCUT2D eigenvalue weighted by molar-refractivity contribution is 7.99. The van der Waals surface area contributed by atoms with Gasteiger partial charge in [0, 0.05) is 11.3 Å². The van der Waals surface area contributed by atoms with E-state index in [0.29, 0.717) is 6.42 Å². The van der Waals surface area contributed by atoms with Crippen molar-refractivity contribution in [1.29, 1.82) is 0 Å². The Morgan fingerprint density at radius 1 is 1.36 bits per heavy atom. The molecule has 1 aromatic carbocycles. The molecule has 2 heteroatoms. The van der Waals surface area contributed by atoms with Crippen LogP contribution in [0.25, 0.3) is 0 Å². The van der Waals surface area contributed by atoms with Crippen molar-refractivity contribution in [3.8, 4) is 0 Å². The quantitative estimate of drug-likeness (QED) is 0.405. The zero-order valence-electron chi connectivity index (χ0n) is 8.53. The number of rotatable bonds is 6. The smallest absolute Gasteiger partial charge is 0.120 e. The molecule has 0 heterocycles. The number of hydrogen-bond acceptors (Lipinski definition) is 2. The van der Waals surface area contributed by atoms with Gasteiger partial charge in [-0.05, 0) is 30.2 Å². The maximum Gasteiger partial charge on any atom is 0.120 e. The summed E-state index contributed by atoms with van der Waals surface area (Å²) in [5, 5.41) is 0. The van der Waals surface area contributed by atoms with E-state index in [0.717, 1.165) is 24.9 Å². The Balaban J connectivity index is 2.59. The fourth-order valence-electron chi connectivity index (χ4n) is 1.38. The summed E-state index contributed by atoms with van der Waals surface area (Å²) < 4.78 is 0. The van der Waals surface area contributed by atoms with Crippen molar-refractivity contribution in [3.63, 3.8) is 0 Å². The van der Waals surface area contributed by atoms with Gasteiger partial charge in [0.2, 0.25) is 0 Å². The van der Waals surface area contributed by atoms with E-state index in [4.69, 9.17) is 0 Å². The topological polar surface area (TPSA) is 17.1 Å². The van der Waals surface area contributed by atoms with Crippen molar-refractivity contribution in [2.45, 2.75) is 31.1 Å². The lowest BCUT2D eigenvalue weighted by Gasteiger charge is -2.06. The van der Waals surface area contributed by atoms with Crippen LogP contribution < -0.4 is 0 Å². The molecule has 0 saturated heterocycles. The summed E-state index contributed by atoms with van der Waals surface area (Å²) in [6.45, 7) is 2.16. The minimum atomic E-state index is 0.672. The maximum absolute atomic E-state index is 10.2. The van der Waals surface area contributed by atoms with Crippen molar-refractivity contribution >= 4 is 18.0 Å². The van der Waals surface area contributed by atoms with Gasteiger partial charge in [0.05, 0.1) is 0 Å². The molecule has 76 valence electrons. The molecule has 1 nitrogen and oxygen atoms in total. The Bertz CT molecular complexity index is 283. The number of aldehydes is 1. The number of unbranched alkanes of at least 4 members (excludes halogenated alkanes) is 1. The number of thioether (sulfide) groups is 1. The van der Waals surface area contributed by atoms with E-state index in [1.165, 1.54) is 10.5 Å². The van der Waals surface area contributed by atoms with Gasteiger partial charge in [-0.15, -0.1) is 11.8 Å². The molecule has 0 fully saturated rings. The summed E-state index contributed by atoms with van der Waals surface area (Å²) in [5.41, 5.74) is 1.38. The van der Waals surface area contributed by atoms with Crippen LogP contribution in [-0.2, 0) is 11.2 Å². The number of aryl methyl sites for hydroxylation is 1. The summed E-state index contributed by atoms with van der Waals surface area (Å²) >= 11 is 1.87. The first-order valence-electron chi connectivity index (χ1n) is 5.02. The van der Waals surface area contributed by atoms with E-state index >= 15 is 0 Å². The third kappa shape index (κ3) is 3.54. The van der Waals surface area contributed by atoms with E-state index in [1.807, 2.05) is 11.8 Å². The molecular weight excluding hydrogens is 192 g/mol. The second kappa shape index (κ2) is 6.66. The Hall–Kier alpha value is -0.760. The summed E-state index contributed by atoms with van der Waals surface area (Å²) in [6.07, 6.45) is 3.65. The minimum absolute atomic E-state index is 0.672. The van der Waals surface area contributed by atoms with Gasteiger partial charge < -0.3 is 4.79 Å². The molecule has 0 amide bonds. The minimum Gasteiger partial charge on any atom is -0.303 e. The predicted octanol–water partition coefficient (Wildman–Crippen LogP) is 3.32. The van der Waals surface area contributed by atoms with E-state index in [2.05, 4.69) is 31.2 Å². The molecule has 0 unspecified atom stereocenters. The molecule has 1 rings (SSSR count). The standard InChI is InChI=1S/C12H16OS/c1-2-14-12-9-4-3-7-11(12)8-5-6-10-13/h3-4,7,9-10H,2,5-6,8H2,1H3. The average Bonchev–Trinajstić information content (AvgIpc) is 2.21. The summed E-state index contributed by atoms with van der Waals surface area (Å²) in [5.74, 6) is 1.10. The van der Waals surface area contributed by atoms with Crippen LogP contribution in [0.2, 0.25) is 0 Å². The van der Waals surface area contributed by atoms with E-state index in [9.17, 15) is 4.79 Å². The molecule has 0 spiro atoms. The SMILES string of the molecule is CCSc1ccccc1CCCC=O. The lowest BCUT2D eigenvalue weighted by atomic mass is 10.1. The van der Waals surface area contributed by atoms with Gasteiger partial charge in [-0.1, -0.05) is 25.1 Å². The van der Waals surface area contributed by atoms with Gasteiger partial charge in [-0.25, -0.2) is 0 Å². The average molecular weight is 208 g/mol. The molecule has 0 saturated carbocycles. The van der Waals surface area contributed by atoms with E-state index in [1.54, 1.807) is 0 Å². The van der Waals surface area contributed by atoms with Gasteiger partial charge in [0.15, 0.2) is 0 Å². The Morgan fingerprint density at radius 2 is 2.14 bits per heavy atom. The number of carbonyl (C=O) groups is 1. The van der Waals surface area contributed by atoms with Crippen molar-refractivity contribution in [3.05, 3.63) is 29.8 Å². The number of carbonyl (C=O) groups excluding carboxylic acids is 1. The van der Waals surface area contributed by atoms with Crippen molar-refractivity contribution in [2.24, 2.45) is 0 Å². The largest absolute Gasteiger partial charge is 0.303 e. The first kappa shape index (κ1) is 11.3. The Morgan fingerprint density at radius 3 is 2.86 bits per heavy atom. The van der Waals surface area contributed by atoms with Gasteiger partial charge >= 0.3 is 0 Å². The van der Waals surface area contributed by atoms with Crippen LogP contribution in [0.15, 0.2) is 29.2 Å². The van der Waals surface area contributed by atoms with E-state index in [-0.39, 0.29) is 0 Å². The van der Waals surface area contributed by atoms with Crippen LogP contribution in [0.3, 0.4) is 0 Å². The highest BCUT2D eigenvalue weighted by atomic mass is 32.2. The Kier molecular flexibility index (Phi) is 5.38. The van der Waals surface area contributed by atoms with Crippen molar-refractivity contribution in [1.82, 2.24) is 0 Å². The molecule has 0 N–H and O–H groups in total. The van der Waals surface area contributed by atoms with Gasteiger partial charge in [-0.3, -0.25) is 0 Å².